The molecule has 0 radical (unpaired) electrons. The lowest BCUT2D eigenvalue weighted by atomic mass is 10.7. The molecule has 0 aliphatic rings. The second-order valence-electron chi connectivity index (χ2n) is 1.19. The molecular weight excluding hydrogens is 166 g/mol. The van der Waals surface area contributed by atoms with Crippen molar-refractivity contribution in [2.75, 3.05) is 0 Å². The predicted octanol–water partition coefficient (Wildman–Crippen LogP) is 0.105. The largest absolute Gasteiger partial charge is 0.527 e. The summed E-state index contributed by atoms with van der Waals surface area (Å²) in [5.74, 6) is -1.42. The topological polar surface area (TPSA) is 83.8 Å². The summed E-state index contributed by atoms with van der Waals surface area (Å²) in [7, 11) is -4.82. The lowest BCUT2D eigenvalue weighted by molar-refractivity contribution is -0.130. The molecule has 0 heterocycles. The summed E-state index contributed by atoms with van der Waals surface area (Å²) in [6.45, 7) is 0. The lowest BCUT2D eigenvalue weighted by Crippen LogP contribution is -1.96. The van der Waals surface area contributed by atoms with Crippen LogP contribution >= 0.6 is 7.82 Å². The number of hydrogen-bond donors (Lipinski definition) is 2. The molecule has 0 atom stereocenters. The van der Waals surface area contributed by atoms with Crippen LogP contribution in [-0.4, -0.2) is 15.8 Å². The summed E-state index contributed by atoms with van der Waals surface area (Å²) < 4.78 is 24.3. The second-order valence-corrected chi connectivity index (χ2v) is 2.36. The third-order valence-corrected chi connectivity index (χ3v) is 0.826. The number of phosphoric ester groups is 1. The van der Waals surface area contributed by atoms with Crippen LogP contribution in [0.2, 0.25) is 0 Å². The molecule has 0 saturated carbocycles. The van der Waals surface area contributed by atoms with Crippen molar-refractivity contribution in [3.63, 3.8) is 0 Å². The van der Waals surface area contributed by atoms with Crippen LogP contribution < -0.4 is 0 Å². The molecule has 0 aliphatic carbocycles. The van der Waals surface area contributed by atoms with E-state index >= 15 is 0 Å². The van der Waals surface area contributed by atoms with E-state index in [-0.39, 0.29) is 12.4 Å². The fraction of sp³-hybridized carbons (Fsp3) is 0. The molecule has 0 fully saturated rings. The Morgan fingerprint density at radius 3 is 2.40 bits per heavy atom. The fourth-order valence-corrected chi connectivity index (χ4v) is 0.494. The van der Waals surface area contributed by atoms with Gasteiger partial charge in [-0.15, -0.1) is 0 Å². The van der Waals surface area contributed by atoms with Crippen molar-refractivity contribution in [2.45, 2.75) is 0 Å². The maximum atomic E-state index is 11.1. The van der Waals surface area contributed by atoms with E-state index in [1.54, 1.807) is 0 Å². The van der Waals surface area contributed by atoms with E-state index in [4.69, 9.17) is 9.79 Å². The van der Waals surface area contributed by atoms with E-state index in [9.17, 15) is 13.8 Å². The first-order chi connectivity index (χ1) is 4.45. The van der Waals surface area contributed by atoms with Crippen molar-refractivity contribution in [2.24, 2.45) is 0 Å². The molecule has 2 N–H and O–H groups in total. The molecule has 7 heteroatoms. The molecule has 5 nitrogen and oxygen atoms in total. The average molecular weight is 170 g/mol. The summed E-state index contributed by atoms with van der Waals surface area (Å²) in [5.41, 5.74) is 0. The van der Waals surface area contributed by atoms with Crippen LogP contribution in [0.4, 0.5) is 4.39 Å². The van der Waals surface area contributed by atoms with Gasteiger partial charge in [0, 0.05) is 0 Å². The minimum atomic E-state index is -4.82. The molecular formula is C3H4FO5P. The molecule has 0 bridgehead atoms. The number of carbonyl (C=O) groups excluding carboxylic acids is 1. The SMILES string of the molecule is O=C(C=CF)OP(=O)(O)O. The summed E-state index contributed by atoms with van der Waals surface area (Å²) in [6, 6.07) is 0. The number of halogens is 1. The van der Waals surface area contributed by atoms with Gasteiger partial charge in [0.1, 0.15) is 0 Å². The highest BCUT2D eigenvalue weighted by Crippen LogP contribution is 2.35. The Morgan fingerprint density at radius 1 is 1.60 bits per heavy atom. The first kappa shape index (κ1) is 9.29. The molecule has 0 amide bonds. The first-order valence-corrected chi connectivity index (χ1v) is 3.54. The molecule has 0 aromatic carbocycles. The Balaban J connectivity index is 3.93. The number of phosphoric acid groups is 1. The van der Waals surface area contributed by atoms with Crippen molar-refractivity contribution < 1.29 is 28.1 Å². The quantitative estimate of drug-likeness (QED) is 0.453. The summed E-state index contributed by atoms with van der Waals surface area (Å²) in [5, 5.41) is 0. The first-order valence-electron chi connectivity index (χ1n) is 2.01. The average Bonchev–Trinajstić information content (AvgIpc) is 1.59. The third kappa shape index (κ3) is 5.43. The van der Waals surface area contributed by atoms with E-state index < -0.39 is 13.8 Å². The summed E-state index contributed by atoms with van der Waals surface area (Å²) in [6.07, 6.45) is 0.0666. The number of carbonyl (C=O) groups is 1. The molecule has 10 heavy (non-hydrogen) atoms. The van der Waals surface area contributed by atoms with E-state index in [0.29, 0.717) is 0 Å². The van der Waals surface area contributed by atoms with Crippen LogP contribution in [0, 0.1) is 0 Å². The molecule has 0 aliphatic heterocycles. The maximum absolute atomic E-state index is 11.1. The highest BCUT2D eigenvalue weighted by molar-refractivity contribution is 7.46. The summed E-state index contributed by atoms with van der Waals surface area (Å²) >= 11 is 0. The normalized spacial score (nSPS) is 11.9. The van der Waals surface area contributed by atoms with Gasteiger partial charge in [-0.2, -0.15) is 0 Å². The Bertz CT molecular complexity index is 193. The van der Waals surface area contributed by atoms with Crippen molar-refractivity contribution >= 4 is 13.8 Å². The van der Waals surface area contributed by atoms with Crippen LogP contribution in [0.1, 0.15) is 0 Å². The third-order valence-electron chi connectivity index (χ3n) is 0.408. The Kier molecular flexibility index (Phi) is 3.21. The second kappa shape index (κ2) is 3.46. The van der Waals surface area contributed by atoms with Crippen LogP contribution in [0.3, 0.4) is 0 Å². The highest BCUT2D eigenvalue weighted by atomic mass is 31.2. The minimum Gasteiger partial charge on any atom is -0.367 e. The van der Waals surface area contributed by atoms with Gasteiger partial charge in [0.05, 0.1) is 12.4 Å². The monoisotopic (exact) mass is 170 g/mol. The fourth-order valence-electron chi connectivity index (χ4n) is 0.199. The molecule has 0 saturated heterocycles. The van der Waals surface area contributed by atoms with Crippen molar-refractivity contribution in [1.29, 1.82) is 0 Å². The minimum absolute atomic E-state index is 0.183. The van der Waals surface area contributed by atoms with Crippen molar-refractivity contribution in [1.82, 2.24) is 0 Å². The van der Waals surface area contributed by atoms with Crippen molar-refractivity contribution in [3.05, 3.63) is 12.4 Å². The van der Waals surface area contributed by atoms with E-state index in [1.807, 2.05) is 0 Å². The van der Waals surface area contributed by atoms with Crippen molar-refractivity contribution in [3.8, 4) is 0 Å². The van der Waals surface area contributed by atoms with Gasteiger partial charge in [-0.1, -0.05) is 0 Å². The zero-order valence-corrected chi connectivity index (χ0v) is 5.49. The Hall–Kier alpha value is -0.710. The van der Waals surface area contributed by atoms with Gasteiger partial charge in [-0.25, -0.2) is 13.8 Å². The summed E-state index contributed by atoms with van der Waals surface area (Å²) in [4.78, 5) is 25.9. The van der Waals surface area contributed by atoms with Gasteiger partial charge < -0.3 is 4.52 Å². The Labute approximate surface area is 55.4 Å². The van der Waals surface area contributed by atoms with Gasteiger partial charge in [-0.05, 0) is 0 Å². The lowest BCUT2D eigenvalue weighted by Gasteiger charge is -1.99. The van der Waals surface area contributed by atoms with Gasteiger partial charge in [0.2, 0.25) is 0 Å². The highest BCUT2D eigenvalue weighted by Gasteiger charge is 2.17. The van der Waals surface area contributed by atoms with E-state index in [2.05, 4.69) is 4.52 Å². The van der Waals surface area contributed by atoms with Gasteiger partial charge in [-0.3, -0.25) is 9.79 Å². The maximum Gasteiger partial charge on any atom is 0.527 e. The molecule has 58 valence electrons. The zero-order chi connectivity index (χ0) is 8.20. The molecule has 0 aromatic rings. The smallest absolute Gasteiger partial charge is 0.367 e. The van der Waals surface area contributed by atoms with E-state index in [1.165, 1.54) is 0 Å². The molecule has 0 rings (SSSR count). The number of hydrogen-bond acceptors (Lipinski definition) is 3. The zero-order valence-electron chi connectivity index (χ0n) is 4.60. The van der Waals surface area contributed by atoms with Gasteiger partial charge >= 0.3 is 13.8 Å². The van der Waals surface area contributed by atoms with E-state index in [0.717, 1.165) is 0 Å². The molecule has 0 unspecified atom stereocenters. The number of rotatable bonds is 2. The molecule has 0 aromatic heterocycles. The van der Waals surface area contributed by atoms with Crippen LogP contribution in [0.15, 0.2) is 12.4 Å². The van der Waals surface area contributed by atoms with Crippen LogP contribution in [-0.2, 0) is 13.9 Å². The Morgan fingerprint density at radius 2 is 2.10 bits per heavy atom. The van der Waals surface area contributed by atoms with Crippen LogP contribution in [0.25, 0.3) is 0 Å². The standard InChI is InChI=1S/C3H4FO5P/c4-2-1-3(5)9-10(6,7)8/h1-2H,(H2,6,7,8). The molecule has 0 spiro atoms. The van der Waals surface area contributed by atoms with Gasteiger partial charge in [0.15, 0.2) is 0 Å². The van der Waals surface area contributed by atoms with Crippen LogP contribution in [0.5, 0.6) is 0 Å². The van der Waals surface area contributed by atoms with Gasteiger partial charge in [0.25, 0.3) is 0 Å². The predicted molar refractivity (Wildman–Crippen MR) is 28.4 cm³/mol.